The van der Waals surface area contributed by atoms with Gasteiger partial charge in [0.05, 0.1) is 6.20 Å². The monoisotopic (exact) mass is 261 g/mol. The molecule has 1 atom stereocenters. The van der Waals surface area contributed by atoms with Gasteiger partial charge in [-0.05, 0) is 19.9 Å². The first kappa shape index (κ1) is 13.4. The lowest BCUT2D eigenvalue weighted by Gasteiger charge is -2.14. The summed E-state index contributed by atoms with van der Waals surface area (Å²) in [5.74, 6) is -0.158. The molecule has 5 nitrogen and oxygen atoms in total. The molecule has 0 saturated carbocycles. The molecule has 0 spiro atoms. The highest BCUT2D eigenvalue weighted by atomic mass is 16.3. The molecule has 1 aromatic heterocycles. The second kappa shape index (κ2) is 5.32. The van der Waals surface area contributed by atoms with E-state index in [0.717, 1.165) is 11.3 Å². The largest absolute Gasteiger partial charge is 0.504 e. The molecule has 1 aromatic carbocycles. The van der Waals surface area contributed by atoms with Crippen LogP contribution in [-0.2, 0) is 13.6 Å². The Morgan fingerprint density at radius 3 is 2.74 bits per heavy atom. The number of aromatic nitrogens is 2. The Hall–Kier alpha value is -2.01. The number of aryl methyl sites for hydroxylation is 1. The summed E-state index contributed by atoms with van der Waals surface area (Å²) in [5, 5.41) is 26.7. The smallest absolute Gasteiger partial charge is 0.161 e. The lowest BCUT2D eigenvalue weighted by Crippen LogP contribution is -2.18. The van der Waals surface area contributed by atoms with Crippen LogP contribution in [0.15, 0.2) is 24.4 Å². The zero-order valence-electron chi connectivity index (χ0n) is 11.4. The second-order valence-corrected chi connectivity index (χ2v) is 4.70. The van der Waals surface area contributed by atoms with Gasteiger partial charge in [-0.2, -0.15) is 5.10 Å². The first-order valence-electron chi connectivity index (χ1n) is 6.22. The van der Waals surface area contributed by atoms with Crippen molar-refractivity contribution in [3.05, 3.63) is 41.2 Å². The van der Waals surface area contributed by atoms with Crippen LogP contribution in [-0.4, -0.2) is 20.0 Å². The van der Waals surface area contributed by atoms with Gasteiger partial charge in [-0.15, -0.1) is 0 Å². The van der Waals surface area contributed by atoms with Crippen molar-refractivity contribution in [2.75, 3.05) is 0 Å². The quantitative estimate of drug-likeness (QED) is 0.736. The normalized spacial score (nSPS) is 12.6. The molecule has 102 valence electrons. The molecule has 1 unspecified atom stereocenters. The van der Waals surface area contributed by atoms with Crippen LogP contribution in [0.2, 0.25) is 0 Å². The Morgan fingerprint density at radius 1 is 1.37 bits per heavy atom. The summed E-state index contributed by atoms with van der Waals surface area (Å²) in [4.78, 5) is 0. The van der Waals surface area contributed by atoms with Crippen LogP contribution in [0, 0.1) is 6.92 Å². The zero-order valence-corrected chi connectivity index (χ0v) is 11.4. The fourth-order valence-electron chi connectivity index (χ4n) is 2.03. The number of nitrogens with one attached hydrogen (secondary N) is 1. The molecule has 0 fully saturated rings. The van der Waals surface area contributed by atoms with Crippen molar-refractivity contribution >= 4 is 0 Å². The van der Waals surface area contributed by atoms with Gasteiger partial charge in [0.1, 0.15) is 0 Å². The highest BCUT2D eigenvalue weighted by molar-refractivity contribution is 5.44. The van der Waals surface area contributed by atoms with Crippen molar-refractivity contribution in [2.24, 2.45) is 7.05 Å². The zero-order chi connectivity index (χ0) is 14.0. The summed E-state index contributed by atoms with van der Waals surface area (Å²) in [6.07, 6.45) is 1.84. The molecule has 2 aromatic rings. The number of phenolic OH excluding ortho intramolecular Hbond substituents is 2. The van der Waals surface area contributed by atoms with Crippen molar-refractivity contribution in [2.45, 2.75) is 26.4 Å². The minimum absolute atomic E-state index is 0.0647. The minimum atomic E-state index is -0.0930. The van der Waals surface area contributed by atoms with Crippen LogP contribution in [0.5, 0.6) is 11.5 Å². The van der Waals surface area contributed by atoms with Gasteiger partial charge in [-0.25, -0.2) is 0 Å². The molecule has 0 saturated heterocycles. The minimum Gasteiger partial charge on any atom is -0.504 e. The molecule has 0 radical (unpaired) electrons. The third kappa shape index (κ3) is 2.71. The predicted molar refractivity (Wildman–Crippen MR) is 73.0 cm³/mol. The average molecular weight is 261 g/mol. The maximum atomic E-state index is 9.73. The van der Waals surface area contributed by atoms with Crippen LogP contribution in [0.1, 0.15) is 29.8 Å². The molecule has 0 aliphatic rings. The van der Waals surface area contributed by atoms with Gasteiger partial charge in [0, 0.05) is 36.5 Å². The summed E-state index contributed by atoms with van der Waals surface area (Å²) in [5.41, 5.74) is 2.91. The fourth-order valence-corrected chi connectivity index (χ4v) is 2.03. The van der Waals surface area contributed by atoms with Gasteiger partial charge in [0.25, 0.3) is 0 Å². The number of hydrogen-bond acceptors (Lipinski definition) is 4. The fraction of sp³-hybridized carbons (Fsp3) is 0.357. The molecule has 5 heteroatoms. The van der Waals surface area contributed by atoms with E-state index in [1.54, 1.807) is 12.1 Å². The van der Waals surface area contributed by atoms with Crippen LogP contribution in [0.4, 0.5) is 0 Å². The molecular weight excluding hydrogens is 242 g/mol. The topological polar surface area (TPSA) is 70.3 Å². The van der Waals surface area contributed by atoms with E-state index in [2.05, 4.69) is 10.4 Å². The van der Waals surface area contributed by atoms with Crippen molar-refractivity contribution < 1.29 is 10.2 Å². The Kier molecular flexibility index (Phi) is 3.76. The van der Waals surface area contributed by atoms with Crippen molar-refractivity contribution in [3.63, 3.8) is 0 Å². The van der Waals surface area contributed by atoms with Gasteiger partial charge in [-0.3, -0.25) is 4.68 Å². The van der Waals surface area contributed by atoms with E-state index in [-0.39, 0.29) is 17.5 Å². The van der Waals surface area contributed by atoms with Crippen molar-refractivity contribution in [1.82, 2.24) is 15.1 Å². The average Bonchev–Trinajstić information content (AvgIpc) is 2.72. The van der Waals surface area contributed by atoms with Crippen LogP contribution >= 0.6 is 0 Å². The second-order valence-electron chi connectivity index (χ2n) is 4.70. The Balaban J connectivity index is 2.06. The summed E-state index contributed by atoms with van der Waals surface area (Å²) >= 11 is 0. The number of phenols is 2. The van der Waals surface area contributed by atoms with Crippen molar-refractivity contribution in [3.8, 4) is 11.5 Å². The molecule has 0 bridgehead atoms. The SMILES string of the molecule is Cc1c(C(C)NCc2cccc(O)c2O)cnn1C. The molecule has 3 N–H and O–H groups in total. The number of aromatic hydroxyl groups is 2. The highest BCUT2D eigenvalue weighted by Crippen LogP contribution is 2.28. The third-order valence-corrected chi connectivity index (χ3v) is 3.44. The van der Waals surface area contributed by atoms with Gasteiger partial charge in [-0.1, -0.05) is 12.1 Å². The van der Waals surface area contributed by atoms with E-state index in [4.69, 9.17) is 0 Å². The van der Waals surface area contributed by atoms with Crippen molar-refractivity contribution in [1.29, 1.82) is 0 Å². The molecule has 1 heterocycles. The van der Waals surface area contributed by atoms with Gasteiger partial charge in [0.2, 0.25) is 0 Å². The standard InChI is InChI=1S/C14H19N3O2/c1-9(12-8-16-17(3)10(12)2)15-7-11-5-4-6-13(18)14(11)19/h4-6,8-9,15,18-19H,7H2,1-3H3. The molecule has 0 aliphatic carbocycles. The number of nitrogens with zero attached hydrogens (tertiary/aromatic N) is 2. The summed E-state index contributed by atoms with van der Waals surface area (Å²) in [6, 6.07) is 5.08. The van der Waals surface area contributed by atoms with E-state index in [1.807, 2.05) is 31.8 Å². The maximum absolute atomic E-state index is 9.73. The van der Waals surface area contributed by atoms with Gasteiger partial charge >= 0.3 is 0 Å². The van der Waals surface area contributed by atoms with E-state index in [9.17, 15) is 10.2 Å². The maximum Gasteiger partial charge on any atom is 0.161 e. The molecule has 19 heavy (non-hydrogen) atoms. The number of para-hydroxylation sites is 1. The number of rotatable bonds is 4. The number of benzene rings is 1. The van der Waals surface area contributed by atoms with E-state index in [1.165, 1.54) is 6.07 Å². The summed E-state index contributed by atoms with van der Waals surface area (Å²) in [6.45, 7) is 4.55. The van der Waals surface area contributed by atoms with Crippen LogP contribution in [0.3, 0.4) is 0 Å². The van der Waals surface area contributed by atoms with E-state index >= 15 is 0 Å². The predicted octanol–water partition coefficient (Wildman–Crippen LogP) is 1.99. The first-order chi connectivity index (χ1) is 9.00. The Morgan fingerprint density at radius 2 is 2.11 bits per heavy atom. The Bertz CT molecular complexity index is 578. The highest BCUT2D eigenvalue weighted by Gasteiger charge is 2.13. The summed E-state index contributed by atoms with van der Waals surface area (Å²) in [7, 11) is 1.91. The first-order valence-corrected chi connectivity index (χ1v) is 6.22. The van der Waals surface area contributed by atoms with Crippen LogP contribution in [0.25, 0.3) is 0 Å². The molecule has 2 rings (SSSR count). The number of hydrogen-bond donors (Lipinski definition) is 3. The Labute approximate surface area is 112 Å². The molecule has 0 aliphatic heterocycles. The lowest BCUT2D eigenvalue weighted by molar-refractivity contribution is 0.396. The lowest BCUT2D eigenvalue weighted by atomic mass is 10.1. The molecule has 0 amide bonds. The van der Waals surface area contributed by atoms with E-state index < -0.39 is 0 Å². The van der Waals surface area contributed by atoms with Gasteiger partial charge in [0.15, 0.2) is 11.5 Å². The molecular formula is C14H19N3O2. The third-order valence-electron chi connectivity index (χ3n) is 3.44. The van der Waals surface area contributed by atoms with Crippen LogP contribution < -0.4 is 5.32 Å². The summed E-state index contributed by atoms with van der Waals surface area (Å²) < 4.78 is 1.83. The van der Waals surface area contributed by atoms with Gasteiger partial charge < -0.3 is 15.5 Å². The van der Waals surface area contributed by atoms with E-state index in [0.29, 0.717) is 12.1 Å².